The number of rotatable bonds is 2. The van der Waals surface area contributed by atoms with Gasteiger partial charge in [-0.2, -0.15) is 5.26 Å². The molecule has 6 nitrogen and oxygen atoms in total. The van der Waals surface area contributed by atoms with Crippen LogP contribution in [0.25, 0.3) is 5.57 Å². The number of pyridine rings is 1. The van der Waals surface area contributed by atoms with E-state index in [1.807, 2.05) is 9.80 Å². The first-order chi connectivity index (χ1) is 12.6. The molecule has 2 aliphatic rings. The molecule has 1 aromatic rings. The SMILES string of the molecule is N#CC(=C1CCN(C(=O)N2CCC(CO)CC2)CC1)c1ccc(Cl)cn1. The molecule has 0 spiro atoms. The minimum atomic E-state index is 0.0727. The Morgan fingerprint density at radius 3 is 2.42 bits per heavy atom. The summed E-state index contributed by atoms with van der Waals surface area (Å²) in [5, 5.41) is 19.3. The molecule has 1 N–H and O–H groups in total. The predicted molar refractivity (Wildman–Crippen MR) is 99.4 cm³/mol. The number of aromatic nitrogens is 1. The molecule has 2 aliphatic heterocycles. The molecular formula is C19H23ClN4O2. The molecule has 0 bridgehead atoms. The third-order valence-corrected chi connectivity index (χ3v) is 5.45. The van der Waals surface area contributed by atoms with Crippen LogP contribution in [0.2, 0.25) is 5.02 Å². The fourth-order valence-electron chi connectivity index (χ4n) is 3.57. The van der Waals surface area contributed by atoms with Crippen LogP contribution < -0.4 is 0 Å². The number of likely N-dealkylation sites (tertiary alicyclic amines) is 2. The third kappa shape index (κ3) is 4.17. The first kappa shape index (κ1) is 18.7. The van der Waals surface area contributed by atoms with Crippen molar-refractivity contribution in [1.82, 2.24) is 14.8 Å². The lowest BCUT2D eigenvalue weighted by Crippen LogP contribution is -2.48. The highest BCUT2D eigenvalue weighted by molar-refractivity contribution is 6.30. The Kier molecular flexibility index (Phi) is 6.12. The predicted octanol–water partition coefficient (Wildman–Crippen LogP) is 2.93. The number of hydrogen-bond acceptors (Lipinski definition) is 4. The quantitative estimate of drug-likeness (QED) is 0.807. The molecule has 0 radical (unpaired) electrons. The number of carbonyl (C=O) groups excluding carboxylic acids is 1. The molecule has 0 aliphatic carbocycles. The van der Waals surface area contributed by atoms with E-state index in [0.29, 0.717) is 61.2 Å². The highest BCUT2D eigenvalue weighted by Crippen LogP contribution is 2.27. The highest BCUT2D eigenvalue weighted by Gasteiger charge is 2.28. The van der Waals surface area contributed by atoms with Crippen molar-refractivity contribution in [2.24, 2.45) is 5.92 Å². The maximum absolute atomic E-state index is 12.7. The van der Waals surface area contributed by atoms with Gasteiger partial charge in [-0.05, 0) is 49.3 Å². The van der Waals surface area contributed by atoms with Gasteiger partial charge in [0.15, 0.2) is 0 Å². The van der Waals surface area contributed by atoms with Crippen molar-refractivity contribution in [3.05, 3.63) is 34.6 Å². The molecule has 7 heteroatoms. The van der Waals surface area contributed by atoms with E-state index in [1.165, 1.54) is 0 Å². The minimum absolute atomic E-state index is 0.0727. The Bertz CT molecular complexity index is 708. The molecule has 138 valence electrons. The van der Waals surface area contributed by atoms with Gasteiger partial charge in [0.1, 0.15) is 6.07 Å². The van der Waals surface area contributed by atoms with E-state index in [4.69, 9.17) is 11.6 Å². The van der Waals surface area contributed by atoms with Crippen molar-refractivity contribution >= 4 is 23.2 Å². The zero-order valence-corrected chi connectivity index (χ0v) is 15.5. The van der Waals surface area contributed by atoms with E-state index in [0.717, 1.165) is 18.4 Å². The van der Waals surface area contributed by atoms with Gasteiger partial charge in [0.05, 0.1) is 16.3 Å². The summed E-state index contributed by atoms with van der Waals surface area (Å²) in [4.78, 5) is 20.7. The molecule has 2 saturated heterocycles. The molecule has 0 atom stereocenters. The van der Waals surface area contributed by atoms with Crippen molar-refractivity contribution in [2.75, 3.05) is 32.8 Å². The van der Waals surface area contributed by atoms with Crippen molar-refractivity contribution < 1.29 is 9.90 Å². The number of nitrogens with zero attached hydrogens (tertiary/aromatic N) is 4. The van der Waals surface area contributed by atoms with E-state index in [-0.39, 0.29) is 12.6 Å². The molecule has 3 rings (SSSR count). The maximum Gasteiger partial charge on any atom is 0.320 e. The molecular weight excluding hydrogens is 352 g/mol. The fourth-order valence-corrected chi connectivity index (χ4v) is 3.68. The second-order valence-electron chi connectivity index (χ2n) is 6.83. The number of amides is 2. The topological polar surface area (TPSA) is 80.5 Å². The number of nitriles is 1. The molecule has 26 heavy (non-hydrogen) atoms. The van der Waals surface area contributed by atoms with E-state index >= 15 is 0 Å². The number of carbonyl (C=O) groups is 1. The number of aliphatic hydroxyl groups is 1. The largest absolute Gasteiger partial charge is 0.396 e. The second kappa shape index (κ2) is 8.52. The normalized spacial score (nSPS) is 18.6. The number of urea groups is 1. The first-order valence-electron chi connectivity index (χ1n) is 9.01. The Morgan fingerprint density at radius 1 is 1.23 bits per heavy atom. The first-order valence-corrected chi connectivity index (χ1v) is 9.39. The van der Waals surface area contributed by atoms with Crippen LogP contribution in [0.15, 0.2) is 23.9 Å². The number of aliphatic hydroxyl groups excluding tert-OH is 1. The van der Waals surface area contributed by atoms with Crippen LogP contribution >= 0.6 is 11.6 Å². The van der Waals surface area contributed by atoms with Gasteiger partial charge in [0.25, 0.3) is 0 Å². The zero-order chi connectivity index (χ0) is 18.5. The van der Waals surface area contributed by atoms with E-state index in [2.05, 4.69) is 11.1 Å². The molecule has 2 fully saturated rings. The summed E-state index contributed by atoms with van der Waals surface area (Å²) in [6, 6.07) is 5.83. The summed E-state index contributed by atoms with van der Waals surface area (Å²) in [7, 11) is 0. The molecule has 1 aromatic heterocycles. The third-order valence-electron chi connectivity index (χ3n) is 5.23. The Hall–Kier alpha value is -2.10. The second-order valence-corrected chi connectivity index (χ2v) is 7.27. The van der Waals surface area contributed by atoms with Gasteiger partial charge in [0.2, 0.25) is 0 Å². The van der Waals surface area contributed by atoms with Gasteiger partial charge in [-0.3, -0.25) is 4.98 Å². The van der Waals surface area contributed by atoms with Crippen LogP contribution in [-0.4, -0.2) is 58.7 Å². The zero-order valence-electron chi connectivity index (χ0n) is 14.7. The number of hydrogen-bond donors (Lipinski definition) is 1. The molecule has 3 heterocycles. The maximum atomic E-state index is 12.7. The van der Waals surface area contributed by atoms with Crippen LogP contribution in [0.5, 0.6) is 0 Å². The van der Waals surface area contributed by atoms with Crippen LogP contribution in [0.1, 0.15) is 31.4 Å². The van der Waals surface area contributed by atoms with Gasteiger partial charge in [-0.15, -0.1) is 0 Å². The fraction of sp³-hybridized carbons (Fsp3) is 0.526. The van der Waals surface area contributed by atoms with Crippen LogP contribution in [-0.2, 0) is 0 Å². The van der Waals surface area contributed by atoms with Gasteiger partial charge in [0, 0.05) is 39.0 Å². The van der Waals surface area contributed by atoms with Gasteiger partial charge in [-0.25, -0.2) is 4.79 Å². The van der Waals surface area contributed by atoms with E-state index in [9.17, 15) is 15.2 Å². The van der Waals surface area contributed by atoms with Crippen LogP contribution in [0, 0.1) is 17.2 Å². The summed E-state index contributed by atoms with van der Waals surface area (Å²) < 4.78 is 0. The minimum Gasteiger partial charge on any atom is -0.396 e. The van der Waals surface area contributed by atoms with E-state index < -0.39 is 0 Å². The summed E-state index contributed by atoms with van der Waals surface area (Å²) in [5.74, 6) is 0.319. The number of piperidine rings is 2. The van der Waals surface area contributed by atoms with Crippen LogP contribution in [0.3, 0.4) is 0 Å². The monoisotopic (exact) mass is 374 g/mol. The summed E-state index contributed by atoms with van der Waals surface area (Å²) >= 11 is 5.87. The standard InChI is InChI=1S/C19H23ClN4O2/c20-16-1-2-18(22-12-16)17(11-21)15-5-9-24(10-6-15)19(26)23-7-3-14(13-25)4-8-23/h1-2,12,14,25H,3-10,13H2. The molecule has 0 saturated carbocycles. The summed E-state index contributed by atoms with van der Waals surface area (Å²) in [6.45, 7) is 2.86. The highest BCUT2D eigenvalue weighted by atomic mass is 35.5. The molecule has 2 amide bonds. The average Bonchev–Trinajstić information content (AvgIpc) is 2.70. The Morgan fingerprint density at radius 2 is 1.88 bits per heavy atom. The average molecular weight is 375 g/mol. The Balaban J connectivity index is 1.62. The smallest absolute Gasteiger partial charge is 0.320 e. The van der Waals surface area contributed by atoms with E-state index in [1.54, 1.807) is 18.3 Å². The van der Waals surface area contributed by atoms with Crippen molar-refractivity contribution in [3.63, 3.8) is 0 Å². The summed E-state index contributed by atoms with van der Waals surface area (Å²) in [6.07, 6.45) is 4.64. The van der Waals surface area contributed by atoms with Gasteiger partial charge < -0.3 is 14.9 Å². The lowest BCUT2D eigenvalue weighted by atomic mass is 9.96. The van der Waals surface area contributed by atoms with Crippen molar-refractivity contribution in [3.8, 4) is 6.07 Å². The lowest BCUT2D eigenvalue weighted by Gasteiger charge is -2.37. The lowest BCUT2D eigenvalue weighted by molar-refractivity contribution is 0.112. The van der Waals surface area contributed by atoms with Gasteiger partial charge in [-0.1, -0.05) is 11.6 Å². The number of allylic oxidation sites excluding steroid dienone is 1. The van der Waals surface area contributed by atoms with Gasteiger partial charge >= 0.3 is 6.03 Å². The van der Waals surface area contributed by atoms with Crippen molar-refractivity contribution in [2.45, 2.75) is 25.7 Å². The number of halogens is 1. The molecule has 0 unspecified atom stereocenters. The molecule has 0 aromatic carbocycles. The van der Waals surface area contributed by atoms with Crippen molar-refractivity contribution in [1.29, 1.82) is 5.26 Å². The van der Waals surface area contributed by atoms with Crippen LogP contribution in [0.4, 0.5) is 4.79 Å². The Labute approximate surface area is 158 Å². The summed E-state index contributed by atoms with van der Waals surface area (Å²) in [5.41, 5.74) is 2.28.